The van der Waals surface area contributed by atoms with Gasteiger partial charge in [-0.25, -0.2) is 4.99 Å². The van der Waals surface area contributed by atoms with Crippen molar-refractivity contribution in [1.29, 1.82) is 0 Å². The molecule has 0 amide bonds. The smallest absolute Gasteiger partial charge is 0.387 e. The highest BCUT2D eigenvalue weighted by Crippen LogP contribution is 2.31. The number of fused-ring (bicyclic) bond motifs is 1. The van der Waals surface area contributed by atoms with E-state index in [-0.39, 0.29) is 22.7 Å². The Balaban J connectivity index is 1.73. The summed E-state index contributed by atoms with van der Waals surface area (Å²) in [5.41, 5.74) is 0.470. The largest absolute Gasteiger partial charge is 0.609 e. The molecule has 0 spiro atoms. The van der Waals surface area contributed by atoms with Crippen LogP contribution in [0.4, 0.5) is 8.78 Å². The molecule has 0 aromatic carbocycles. The van der Waals surface area contributed by atoms with Gasteiger partial charge in [-0.1, -0.05) is 6.08 Å². The molecular formula is C16H17F2N3O4S. The fourth-order valence-electron chi connectivity index (χ4n) is 2.66. The van der Waals surface area contributed by atoms with E-state index in [0.717, 1.165) is 0 Å². The van der Waals surface area contributed by atoms with E-state index in [1.165, 1.54) is 32.6 Å². The number of rotatable bonds is 6. The number of halogens is 2. The van der Waals surface area contributed by atoms with Crippen LogP contribution >= 0.6 is 0 Å². The maximum absolute atomic E-state index is 12.7. The molecule has 1 aliphatic carbocycles. The molecule has 2 heterocycles. The molecule has 3 atom stereocenters. The molecule has 7 nitrogen and oxygen atoms in total. The van der Waals surface area contributed by atoms with Gasteiger partial charge in [-0.2, -0.15) is 8.78 Å². The summed E-state index contributed by atoms with van der Waals surface area (Å²) >= 11 is -1.52. The first kappa shape index (κ1) is 18.5. The molecule has 0 bridgehead atoms. The summed E-state index contributed by atoms with van der Waals surface area (Å²) in [4.78, 5) is 8.51. The lowest BCUT2D eigenvalue weighted by molar-refractivity contribution is -0.0926. The topological polar surface area (TPSA) is 88.0 Å². The number of hydrogen-bond donors (Lipinski definition) is 1. The molecule has 2 unspecified atom stereocenters. The highest BCUT2D eigenvalue weighted by atomic mass is 32.2. The van der Waals surface area contributed by atoms with E-state index in [1.54, 1.807) is 12.1 Å². The van der Waals surface area contributed by atoms with Crippen LogP contribution < -0.4 is 14.8 Å². The number of nitrogens with one attached hydrogen (secondary N) is 1. The van der Waals surface area contributed by atoms with Crippen LogP contribution in [0.15, 0.2) is 41.2 Å². The van der Waals surface area contributed by atoms with Crippen molar-refractivity contribution in [2.24, 2.45) is 4.99 Å². The van der Waals surface area contributed by atoms with Crippen molar-refractivity contribution in [3.05, 3.63) is 41.9 Å². The van der Waals surface area contributed by atoms with Gasteiger partial charge in [-0.3, -0.25) is 4.98 Å². The van der Waals surface area contributed by atoms with Crippen molar-refractivity contribution in [2.75, 3.05) is 14.2 Å². The Hall–Kier alpha value is -2.33. The average molecular weight is 385 g/mol. The predicted octanol–water partition coefficient (Wildman–Crippen LogP) is 1.74. The number of amidine groups is 1. The first-order chi connectivity index (χ1) is 12.5. The maximum atomic E-state index is 12.7. The van der Waals surface area contributed by atoms with Crippen molar-refractivity contribution in [3.8, 4) is 11.5 Å². The van der Waals surface area contributed by atoms with E-state index in [1.807, 2.05) is 0 Å². The van der Waals surface area contributed by atoms with Gasteiger partial charge >= 0.3 is 11.8 Å². The molecule has 26 heavy (non-hydrogen) atoms. The van der Waals surface area contributed by atoms with Crippen molar-refractivity contribution in [1.82, 2.24) is 10.3 Å². The van der Waals surface area contributed by atoms with Crippen molar-refractivity contribution in [3.63, 3.8) is 0 Å². The molecule has 1 aliphatic heterocycles. The van der Waals surface area contributed by atoms with Gasteiger partial charge in [0, 0.05) is 23.4 Å². The second-order valence-electron chi connectivity index (χ2n) is 5.38. The van der Waals surface area contributed by atoms with Gasteiger partial charge in [-0.15, -0.1) is 0 Å². The normalized spacial score (nSPS) is 22.2. The average Bonchev–Trinajstić information content (AvgIpc) is 3.04. The van der Waals surface area contributed by atoms with E-state index in [9.17, 15) is 13.3 Å². The van der Waals surface area contributed by atoms with Crippen molar-refractivity contribution in [2.45, 2.75) is 24.4 Å². The summed E-state index contributed by atoms with van der Waals surface area (Å²) in [6, 6.07) is 0.942. The molecule has 3 rings (SSSR count). The molecule has 0 saturated heterocycles. The fourth-order valence-corrected chi connectivity index (χ4v) is 3.76. The van der Waals surface area contributed by atoms with Crippen LogP contribution in [0.5, 0.6) is 11.5 Å². The number of allylic oxidation sites excluding steroid dienone is 1. The third-order valence-electron chi connectivity index (χ3n) is 3.80. The molecule has 1 N–H and O–H groups in total. The monoisotopic (exact) mass is 385 g/mol. The number of methoxy groups -OCH3 is 2. The number of aliphatic imine (C=N–C) groups is 1. The zero-order valence-corrected chi connectivity index (χ0v) is 14.8. The number of hydrogen-bond acceptors (Lipinski definition) is 7. The van der Waals surface area contributed by atoms with Gasteiger partial charge in [0.2, 0.25) is 0 Å². The Morgan fingerprint density at radius 2 is 2.15 bits per heavy atom. The highest BCUT2D eigenvalue weighted by molar-refractivity contribution is 8.05. The minimum Gasteiger partial charge on any atom is -0.609 e. The van der Waals surface area contributed by atoms with Crippen LogP contribution in [0, 0.1) is 0 Å². The van der Waals surface area contributed by atoms with Gasteiger partial charge in [0.25, 0.3) is 0 Å². The Bertz CT molecular complexity index is 757. The molecule has 0 fully saturated rings. The summed E-state index contributed by atoms with van der Waals surface area (Å²) in [6.45, 7) is -2.90. The molecule has 0 saturated carbocycles. The first-order valence-corrected chi connectivity index (χ1v) is 8.97. The lowest BCUT2D eigenvalue weighted by atomic mass is 10.0. The Labute approximate surface area is 151 Å². The van der Waals surface area contributed by atoms with Crippen LogP contribution in [-0.4, -0.2) is 47.6 Å². The summed E-state index contributed by atoms with van der Waals surface area (Å²) in [5.74, 6) is 1.00. The van der Waals surface area contributed by atoms with E-state index in [2.05, 4.69) is 20.0 Å². The van der Waals surface area contributed by atoms with Crippen LogP contribution in [0.1, 0.15) is 5.69 Å². The minimum atomic E-state index is -2.90. The molecule has 1 aromatic rings. The molecule has 10 heteroatoms. The molecule has 0 radical (unpaired) electrons. The highest BCUT2D eigenvalue weighted by Gasteiger charge is 2.35. The van der Waals surface area contributed by atoms with Crippen molar-refractivity contribution >= 4 is 16.3 Å². The number of aromatic nitrogens is 1. The summed E-state index contributed by atoms with van der Waals surface area (Å²) < 4.78 is 52.2. The third kappa shape index (κ3) is 3.91. The van der Waals surface area contributed by atoms with Crippen molar-refractivity contribution < 1.29 is 27.5 Å². The van der Waals surface area contributed by atoms with E-state index in [4.69, 9.17) is 9.47 Å². The Kier molecular flexibility index (Phi) is 5.62. The minimum absolute atomic E-state index is 0.0370. The summed E-state index contributed by atoms with van der Waals surface area (Å²) in [5, 5.41) is 3.30. The first-order valence-electron chi connectivity index (χ1n) is 7.65. The Morgan fingerprint density at radius 1 is 1.35 bits per heavy atom. The number of alkyl halides is 2. The zero-order valence-electron chi connectivity index (χ0n) is 14.0. The number of nitrogens with zero attached hydrogens (tertiary/aromatic N) is 2. The maximum Gasteiger partial charge on any atom is 0.387 e. The molecule has 1 aromatic heterocycles. The quantitative estimate of drug-likeness (QED) is 0.751. The van der Waals surface area contributed by atoms with Crippen LogP contribution in [0.2, 0.25) is 0 Å². The van der Waals surface area contributed by atoms with Gasteiger partial charge in [0.05, 0.1) is 20.3 Å². The van der Waals surface area contributed by atoms with E-state index in [0.29, 0.717) is 17.2 Å². The molecule has 140 valence electrons. The van der Waals surface area contributed by atoms with Gasteiger partial charge in [0.15, 0.2) is 17.3 Å². The second-order valence-corrected chi connectivity index (χ2v) is 6.75. The standard InChI is InChI=1S/C16H17F2N3O4S/c1-23-13-5-6-19-12(14(13)24-2)8-26(22)16-20-10-4-3-9(25-15(17)18)7-11(10)21-16/h3-7,10-11,15H,8H2,1-2H3,(H,20,21)/t10-,11?,26?/m1/s1. The van der Waals surface area contributed by atoms with Gasteiger partial charge < -0.3 is 24.1 Å². The molecular weight excluding hydrogens is 368 g/mol. The fraction of sp³-hybridized carbons (Fsp3) is 0.375. The number of ether oxygens (including phenoxy) is 3. The van der Waals surface area contributed by atoms with Gasteiger partial charge in [0.1, 0.15) is 17.5 Å². The molecule has 2 aliphatic rings. The number of pyridine rings is 1. The SMILES string of the molecule is COc1ccnc(C[S+]([O-])C2=NC3C=C(OC(F)F)C=C[C@H]3N2)c1OC. The predicted molar refractivity (Wildman–Crippen MR) is 91.6 cm³/mol. The van der Waals surface area contributed by atoms with Gasteiger partial charge in [-0.05, 0) is 12.2 Å². The summed E-state index contributed by atoms with van der Waals surface area (Å²) in [6.07, 6.45) is 6.10. The van der Waals surface area contributed by atoms with Crippen LogP contribution in [-0.2, 0) is 21.7 Å². The lowest BCUT2D eigenvalue weighted by Crippen LogP contribution is -2.37. The van der Waals surface area contributed by atoms with E-state index >= 15 is 0 Å². The summed E-state index contributed by atoms with van der Waals surface area (Å²) in [7, 11) is 2.98. The van der Waals surface area contributed by atoms with Crippen LogP contribution in [0.25, 0.3) is 0 Å². The Morgan fingerprint density at radius 3 is 2.85 bits per heavy atom. The zero-order chi connectivity index (χ0) is 18.7. The second kappa shape index (κ2) is 7.92. The third-order valence-corrected chi connectivity index (χ3v) is 4.99. The lowest BCUT2D eigenvalue weighted by Gasteiger charge is -2.17. The van der Waals surface area contributed by atoms with Crippen LogP contribution in [0.3, 0.4) is 0 Å². The van der Waals surface area contributed by atoms with E-state index < -0.39 is 23.8 Å².